The summed E-state index contributed by atoms with van der Waals surface area (Å²) in [5, 5.41) is 2.43. The molecule has 14 heavy (non-hydrogen) atoms. The summed E-state index contributed by atoms with van der Waals surface area (Å²) >= 11 is 0. The maximum Gasteiger partial charge on any atom is 0.411 e. The van der Waals surface area contributed by atoms with Gasteiger partial charge in [0.1, 0.15) is 5.82 Å². The Morgan fingerprint density at radius 3 is 2.64 bits per heavy atom. The zero-order valence-corrected chi connectivity index (χ0v) is 8.35. The van der Waals surface area contributed by atoms with Crippen molar-refractivity contribution in [3.05, 3.63) is 29.1 Å². The van der Waals surface area contributed by atoms with Gasteiger partial charge in [-0.1, -0.05) is 6.07 Å². The lowest BCUT2D eigenvalue weighted by molar-refractivity contribution is 0.187. The minimum atomic E-state index is -0.601. The largest absolute Gasteiger partial charge is 0.453 e. The molecule has 0 bridgehead atoms. The number of nitrogens with one attached hydrogen (secondary N) is 1. The molecule has 4 heteroatoms. The first-order valence-electron chi connectivity index (χ1n) is 4.17. The Morgan fingerprint density at radius 2 is 2.07 bits per heavy atom. The van der Waals surface area contributed by atoms with Crippen molar-refractivity contribution in [3.63, 3.8) is 0 Å². The van der Waals surface area contributed by atoms with Gasteiger partial charge in [0.05, 0.1) is 7.11 Å². The molecule has 0 aromatic heterocycles. The van der Waals surface area contributed by atoms with Crippen LogP contribution in [0.15, 0.2) is 12.1 Å². The first-order valence-corrected chi connectivity index (χ1v) is 4.17. The summed E-state index contributed by atoms with van der Waals surface area (Å²) in [6, 6.07) is 3.25. The molecule has 0 fully saturated rings. The lowest BCUT2D eigenvalue weighted by Crippen LogP contribution is -2.12. The summed E-state index contributed by atoms with van der Waals surface area (Å²) in [4.78, 5) is 10.9. The highest BCUT2D eigenvalue weighted by Crippen LogP contribution is 2.20. The molecule has 0 aliphatic heterocycles. The molecule has 1 rings (SSSR count). The fraction of sp³-hybridized carbons (Fsp3) is 0.300. The molecule has 3 nitrogen and oxygen atoms in total. The molecule has 76 valence electrons. The van der Waals surface area contributed by atoms with E-state index in [0.717, 1.165) is 0 Å². The van der Waals surface area contributed by atoms with Gasteiger partial charge in [0, 0.05) is 11.3 Å². The van der Waals surface area contributed by atoms with Crippen LogP contribution < -0.4 is 5.32 Å². The maximum atomic E-state index is 13.4. The van der Waals surface area contributed by atoms with Crippen molar-refractivity contribution in [1.82, 2.24) is 0 Å². The highest BCUT2D eigenvalue weighted by atomic mass is 19.1. The molecule has 1 aromatic carbocycles. The monoisotopic (exact) mass is 197 g/mol. The number of carbonyl (C=O) groups excluding carboxylic acids is 1. The van der Waals surface area contributed by atoms with Crippen LogP contribution in [0.5, 0.6) is 0 Å². The Bertz CT molecular complexity index is 363. The van der Waals surface area contributed by atoms with Gasteiger partial charge in [-0.05, 0) is 25.5 Å². The van der Waals surface area contributed by atoms with Crippen molar-refractivity contribution in [2.75, 3.05) is 12.4 Å². The van der Waals surface area contributed by atoms with Crippen molar-refractivity contribution in [2.24, 2.45) is 0 Å². The van der Waals surface area contributed by atoms with E-state index >= 15 is 0 Å². The van der Waals surface area contributed by atoms with Crippen LogP contribution in [0.3, 0.4) is 0 Å². The van der Waals surface area contributed by atoms with Crippen molar-refractivity contribution in [2.45, 2.75) is 13.8 Å². The molecule has 0 aliphatic rings. The topological polar surface area (TPSA) is 38.3 Å². The first kappa shape index (κ1) is 10.5. The molecule has 0 radical (unpaired) electrons. The van der Waals surface area contributed by atoms with Gasteiger partial charge in [0.25, 0.3) is 0 Å². The van der Waals surface area contributed by atoms with E-state index in [4.69, 9.17) is 0 Å². The fourth-order valence-corrected chi connectivity index (χ4v) is 1.12. The molecule has 1 N–H and O–H groups in total. The number of methoxy groups -OCH3 is 1. The van der Waals surface area contributed by atoms with Gasteiger partial charge in [0.2, 0.25) is 0 Å². The number of carbonyl (C=O) groups is 1. The van der Waals surface area contributed by atoms with E-state index < -0.39 is 6.09 Å². The molecule has 1 amide bonds. The molecule has 0 unspecified atom stereocenters. The second-order valence-corrected chi connectivity index (χ2v) is 2.99. The number of rotatable bonds is 1. The third-order valence-corrected chi connectivity index (χ3v) is 2.00. The molecule has 0 saturated heterocycles. The molecule has 0 saturated carbocycles. The number of amides is 1. The van der Waals surface area contributed by atoms with Gasteiger partial charge in [-0.15, -0.1) is 0 Å². The van der Waals surface area contributed by atoms with Crippen LogP contribution in [-0.4, -0.2) is 13.2 Å². The quantitative estimate of drug-likeness (QED) is 0.751. The van der Waals surface area contributed by atoms with Crippen LogP contribution in [0.2, 0.25) is 0 Å². The summed E-state index contributed by atoms with van der Waals surface area (Å²) < 4.78 is 17.8. The van der Waals surface area contributed by atoms with Crippen molar-refractivity contribution < 1.29 is 13.9 Å². The van der Waals surface area contributed by atoms with E-state index in [0.29, 0.717) is 16.8 Å². The smallest absolute Gasteiger partial charge is 0.411 e. The van der Waals surface area contributed by atoms with Crippen LogP contribution in [0.1, 0.15) is 11.1 Å². The molecule has 0 atom stereocenters. The van der Waals surface area contributed by atoms with Crippen LogP contribution in [0, 0.1) is 19.7 Å². The maximum absolute atomic E-state index is 13.4. The summed E-state index contributed by atoms with van der Waals surface area (Å²) in [5.74, 6) is -0.307. The second-order valence-electron chi connectivity index (χ2n) is 2.99. The average molecular weight is 197 g/mol. The summed E-state index contributed by atoms with van der Waals surface area (Å²) in [6.07, 6.45) is -0.601. The van der Waals surface area contributed by atoms with E-state index in [1.807, 2.05) is 0 Å². The van der Waals surface area contributed by atoms with E-state index in [1.54, 1.807) is 26.0 Å². The van der Waals surface area contributed by atoms with E-state index in [9.17, 15) is 9.18 Å². The van der Waals surface area contributed by atoms with Crippen molar-refractivity contribution in [1.29, 1.82) is 0 Å². The molecule has 0 aliphatic carbocycles. The molecule has 0 spiro atoms. The molecule has 0 heterocycles. The molecular weight excluding hydrogens is 185 g/mol. The van der Waals surface area contributed by atoms with Crippen molar-refractivity contribution >= 4 is 11.8 Å². The van der Waals surface area contributed by atoms with Gasteiger partial charge >= 0.3 is 6.09 Å². The van der Waals surface area contributed by atoms with Gasteiger partial charge in [-0.25, -0.2) is 9.18 Å². The minimum absolute atomic E-state index is 0.307. The van der Waals surface area contributed by atoms with Crippen LogP contribution in [-0.2, 0) is 4.74 Å². The van der Waals surface area contributed by atoms with Gasteiger partial charge in [0.15, 0.2) is 0 Å². The fourth-order valence-electron chi connectivity index (χ4n) is 1.12. The Hall–Kier alpha value is -1.58. The SMILES string of the molecule is COC(=O)Nc1ccc(C)c(F)c1C. The first-order chi connectivity index (χ1) is 6.56. The molecule has 1 aromatic rings. The third kappa shape index (κ3) is 2.02. The zero-order chi connectivity index (χ0) is 10.7. The number of anilines is 1. The lowest BCUT2D eigenvalue weighted by Gasteiger charge is -2.09. The highest BCUT2D eigenvalue weighted by molar-refractivity contribution is 5.85. The van der Waals surface area contributed by atoms with Crippen LogP contribution in [0.4, 0.5) is 14.9 Å². The Morgan fingerprint density at radius 1 is 1.43 bits per heavy atom. The standard InChI is InChI=1S/C10H12FNO2/c1-6-4-5-8(7(2)9(6)11)12-10(13)14-3/h4-5H,1-3H3,(H,12,13). The van der Waals surface area contributed by atoms with Crippen molar-refractivity contribution in [3.8, 4) is 0 Å². The number of hydrogen-bond acceptors (Lipinski definition) is 2. The normalized spacial score (nSPS) is 9.71. The van der Waals surface area contributed by atoms with Gasteiger partial charge < -0.3 is 4.74 Å². The Labute approximate surface area is 81.9 Å². The van der Waals surface area contributed by atoms with E-state index in [-0.39, 0.29) is 5.82 Å². The number of benzene rings is 1. The predicted octanol–water partition coefficient (Wildman–Crippen LogP) is 2.62. The van der Waals surface area contributed by atoms with Gasteiger partial charge in [-0.2, -0.15) is 0 Å². The van der Waals surface area contributed by atoms with E-state index in [2.05, 4.69) is 10.1 Å². The number of aryl methyl sites for hydroxylation is 1. The number of ether oxygens (including phenoxy) is 1. The lowest BCUT2D eigenvalue weighted by atomic mass is 10.1. The summed E-state index contributed by atoms with van der Waals surface area (Å²) in [7, 11) is 1.26. The van der Waals surface area contributed by atoms with E-state index in [1.165, 1.54) is 7.11 Å². The van der Waals surface area contributed by atoms with Crippen LogP contribution >= 0.6 is 0 Å². The predicted molar refractivity (Wildman–Crippen MR) is 51.9 cm³/mol. The molecular formula is C10H12FNO2. The zero-order valence-electron chi connectivity index (χ0n) is 8.35. The summed E-state index contributed by atoms with van der Waals surface area (Å²) in [6.45, 7) is 3.28. The average Bonchev–Trinajstić information content (AvgIpc) is 2.19. The number of halogens is 1. The third-order valence-electron chi connectivity index (χ3n) is 2.00. The summed E-state index contributed by atoms with van der Waals surface area (Å²) in [5.41, 5.74) is 1.40. The second kappa shape index (κ2) is 4.09. The Balaban J connectivity index is 3.00. The number of hydrogen-bond donors (Lipinski definition) is 1. The Kier molecular flexibility index (Phi) is 3.06. The highest BCUT2D eigenvalue weighted by Gasteiger charge is 2.09. The van der Waals surface area contributed by atoms with Crippen LogP contribution in [0.25, 0.3) is 0 Å². The van der Waals surface area contributed by atoms with Gasteiger partial charge in [-0.3, -0.25) is 5.32 Å². The minimum Gasteiger partial charge on any atom is -0.453 e.